The van der Waals surface area contributed by atoms with Gasteiger partial charge in [0.1, 0.15) is 12.8 Å². The molecule has 0 aromatic rings. The molecule has 3 unspecified atom stereocenters. The molecule has 0 amide bonds. The minimum Gasteiger partial charge on any atom is -0.247 e. The van der Waals surface area contributed by atoms with Crippen LogP contribution in [-0.2, 0) is 0 Å². The molecule has 1 heterocycles. The summed E-state index contributed by atoms with van der Waals surface area (Å²) in [5.74, 6) is -0.290. The summed E-state index contributed by atoms with van der Waals surface area (Å²) >= 11 is 0.480. The average Bonchev–Trinajstić information content (AvgIpc) is 2.18. The lowest BCUT2D eigenvalue weighted by Gasteiger charge is -2.18. The molecular weight excluding hydrogens is 168 g/mol. The first-order valence-electron chi connectivity index (χ1n) is 2.76. The van der Waals surface area contributed by atoms with Gasteiger partial charge in [0.25, 0.3) is 0 Å². The van der Waals surface area contributed by atoms with Crippen molar-refractivity contribution < 1.29 is 17.6 Å². The van der Waals surface area contributed by atoms with Gasteiger partial charge >= 0.3 is 0 Å². The van der Waals surface area contributed by atoms with Gasteiger partial charge in [-0.1, -0.05) is 0 Å². The van der Waals surface area contributed by atoms with Gasteiger partial charge in [0.05, 0.1) is 0 Å². The van der Waals surface area contributed by atoms with E-state index in [0.717, 1.165) is 0 Å². The van der Waals surface area contributed by atoms with Crippen molar-refractivity contribution in [3.63, 3.8) is 0 Å². The molecule has 0 N–H and O–H groups in total. The Bertz CT molecular complexity index is 119. The Morgan fingerprint density at radius 3 is 2.30 bits per heavy atom. The van der Waals surface area contributed by atoms with Crippen LogP contribution in [0.4, 0.5) is 17.6 Å². The molecule has 0 aromatic heterocycles. The van der Waals surface area contributed by atoms with Crippen LogP contribution in [0.2, 0.25) is 0 Å². The van der Waals surface area contributed by atoms with Gasteiger partial charge in [-0.25, -0.2) is 17.6 Å². The first-order chi connectivity index (χ1) is 4.61. The van der Waals surface area contributed by atoms with E-state index in [1.807, 2.05) is 0 Å². The highest BCUT2D eigenvalue weighted by atomic mass is 32.2. The van der Waals surface area contributed by atoms with Gasteiger partial charge in [-0.2, -0.15) is 0 Å². The van der Waals surface area contributed by atoms with Gasteiger partial charge < -0.3 is 0 Å². The third kappa shape index (κ3) is 1.00. The molecule has 5 heteroatoms. The summed E-state index contributed by atoms with van der Waals surface area (Å²) in [5.41, 5.74) is -4.93. The van der Waals surface area contributed by atoms with Gasteiger partial charge in [0.2, 0.25) is 5.67 Å². The third-order valence-corrected chi connectivity index (χ3v) is 2.66. The van der Waals surface area contributed by atoms with E-state index in [9.17, 15) is 17.6 Å². The van der Waals surface area contributed by atoms with E-state index < -0.39 is 24.0 Å². The van der Waals surface area contributed by atoms with E-state index in [-0.39, 0.29) is 5.75 Å². The van der Waals surface area contributed by atoms with Crippen molar-refractivity contribution in [2.45, 2.75) is 17.3 Å². The summed E-state index contributed by atoms with van der Waals surface area (Å²) in [5, 5.41) is 0. The molecular formula is C5H6F4S. The van der Waals surface area contributed by atoms with Crippen LogP contribution in [0.15, 0.2) is 0 Å². The van der Waals surface area contributed by atoms with Crippen molar-refractivity contribution in [2.24, 2.45) is 0 Å². The summed E-state index contributed by atoms with van der Waals surface area (Å²) in [7, 11) is 0. The number of hydrogen-bond acceptors (Lipinski definition) is 1. The van der Waals surface area contributed by atoms with Gasteiger partial charge in [0.15, 0.2) is 5.50 Å². The largest absolute Gasteiger partial charge is 0.247 e. The monoisotopic (exact) mass is 174 g/mol. The van der Waals surface area contributed by atoms with E-state index in [4.69, 9.17) is 0 Å². The molecule has 0 nitrogen and oxygen atoms in total. The molecule has 0 spiro atoms. The second kappa shape index (κ2) is 2.60. The molecule has 0 saturated carbocycles. The molecule has 0 aliphatic carbocycles. The lowest BCUT2D eigenvalue weighted by Crippen LogP contribution is -2.40. The highest BCUT2D eigenvalue weighted by Crippen LogP contribution is 2.42. The first-order valence-corrected chi connectivity index (χ1v) is 3.80. The quantitative estimate of drug-likeness (QED) is 0.548. The van der Waals surface area contributed by atoms with Gasteiger partial charge in [0, 0.05) is 5.75 Å². The lowest BCUT2D eigenvalue weighted by atomic mass is 10.1. The summed E-state index contributed by atoms with van der Waals surface area (Å²) in [6, 6.07) is 0. The molecule has 3 atom stereocenters. The summed E-state index contributed by atoms with van der Waals surface area (Å²) in [6.07, 6.45) is -2.00. The van der Waals surface area contributed by atoms with Crippen LogP contribution < -0.4 is 0 Å². The molecule has 1 aliphatic heterocycles. The molecule has 60 valence electrons. The minimum atomic E-state index is -2.88. The fourth-order valence-corrected chi connectivity index (χ4v) is 1.84. The van der Waals surface area contributed by atoms with Gasteiger partial charge in [-0.3, -0.25) is 0 Å². The highest BCUT2D eigenvalue weighted by molar-refractivity contribution is 8.00. The number of rotatable bonds is 1. The SMILES string of the molecule is FCC1(F)C(F)CSC1F. The highest BCUT2D eigenvalue weighted by Gasteiger charge is 2.53. The zero-order valence-electron chi connectivity index (χ0n) is 4.99. The minimum absolute atomic E-state index is 0.290. The maximum absolute atomic E-state index is 12.7. The van der Waals surface area contributed by atoms with E-state index >= 15 is 0 Å². The number of thioether (sulfide) groups is 1. The smallest absolute Gasteiger partial charge is 0.210 e. The second-order valence-electron chi connectivity index (χ2n) is 2.18. The van der Waals surface area contributed by atoms with Crippen LogP contribution in [-0.4, -0.2) is 29.8 Å². The standard InChI is InChI=1S/C5H6F4S/c6-2-5(9)3(7)1-10-4(5)8/h3-4H,1-2H2. The molecule has 1 fully saturated rings. The predicted octanol–water partition coefficient (Wildman–Crippen LogP) is 2.04. The summed E-state index contributed by atoms with van der Waals surface area (Å²) < 4.78 is 49.1. The van der Waals surface area contributed by atoms with Crippen molar-refractivity contribution in [1.82, 2.24) is 0 Å². The van der Waals surface area contributed by atoms with Crippen LogP contribution in [0, 0.1) is 0 Å². The van der Waals surface area contributed by atoms with E-state index in [1.165, 1.54) is 0 Å². The van der Waals surface area contributed by atoms with E-state index in [1.54, 1.807) is 0 Å². The Labute approximate surface area is 60.0 Å². The third-order valence-electron chi connectivity index (χ3n) is 1.49. The first kappa shape index (κ1) is 8.17. The maximum atomic E-state index is 12.7. The predicted molar refractivity (Wildman–Crippen MR) is 32.1 cm³/mol. The molecule has 10 heavy (non-hydrogen) atoms. The zero-order valence-corrected chi connectivity index (χ0v) is 5.81. The van der Waals surface area contributed by atoms with Crippen molar-refractivity contribution in [1.29, 1.82) is 0 Å². The van der Waals surface area contributed by atoms with Crippen LogP contribution in [0.25, 0.3) is 0 Å². The fraction of sp³-hybridized carbons (Fsp3) is 1.00. The van der Waals surface area contributed by atoms with E-state index in [0.29, 0.717) is 11.8 Å². The normalized spacial score (nSPS) is 48.0. The van der Waals surface area contributed by atoms with Crippen LogP contribution in [0.1, 0.15) is 0 Å². The molecule has 0 radical (unpaired) electrons. The molecule has 1 aliphatic rings. The Hall–Kier alpha value is 0.0700. The number of alkyl halides is 4. The Kier molecular flexibility index (Phi) is 2.12. The number of halogens is 4. The summed E-state index contributed by atoms with van der Waals surface area (Å²) in [4.78, 5) is 0. The Morgan fingerprint density at radius 1 is 1.50 bits per heavy atom. The molecule has 1 saturated heterocycles. The summed E-state index contributed by atoms with van der Waals surface area (Å²) in [6.45, 7) is -1.58. The Morgan fingerprint density at radius 2 is 2.10 bits per heavy atom. The average molecular weight is 174 g/mol. The van der Waals surface area contributed by atoms with Crippen molar-refractivity contribution in [2.75, 3.05) is 12.4 Å². The van der Waals surface area contributed by atoms with E-state index in [2.05, 4.69) is 0 Å². The number of hydrogen-bond donors (Lipinski definition) is 0. The fourth-order valence-electron chi connectivity index (χ4n) is 0.733. The van der Waals surface area contributed by atoms with Gasteiger partial charge in [-0.05, 0) is 0 Å². The maximum Gasteiger partial charge on any atom is 0.210 e. The van der Waals surface area contributed by atoms with Gasteiger partial charge in [-0.15, -0.1) is 11.8 Å². The van der Waals surface area contributed by atoms with Crippen LogP contribution in [0.5, 0.6) is 0 Å². The zero-order chi connectivity index (χ0) is 7.78. The molecule has 0 aromatic carbocycles. The second-order valence-corrected chi connectivity index (χ2v) is 3.26. The molecule has 1 rings (SSSR count). The lowest BCUT2D eigenvalue weighted by molar-refractivity contribution is 0.0127. The molecule has 0 bridgehead atoms. The Balaban J connectivity index is 2.70. The van der Waals surface area contributed by atoms with Crippen LogP contribution >= 0.6 is 11.8 Å². The topological polar surface area (TPSA) is 0 Å². The van der Waals surface area contributed by atoms with Crippen LogP contribution in [0.3, 0.4) is 0 Å². The van der Waals surface area contributed by atoms with Crippen molar-refractivity contribution >= 4 is 11.8 Å². The van der Waals surface area contributed by atoms with Crippen molar-refractivity contribution in [3.05, 3.63) is 0 Å². The van der Waals surface area contributed by atoms with Crippen molar-refractivity contribution in [3.8, 4) is 0 Å².